The molecule has 116 valence electrons. The maximum atomic E-state index is 10.7. The number of carboxylic acids is 1. The van der Waals surface area contributed by atoms with Crippen LogP contribution in [0.3, 0.4) is 0 Å². The number of benzene rings is 1. The summed E-state index contributed by atoms with van der Waals surface area (Å²) in [6.07, 6.45) is 1.17. The number of aliphatic carboxylic acids is 1. The highest BCUT2D eigenvalue weighted by atomic mass is 35.5. The summed E-state index contributed by atoms with van der Waals surface area (Å²) in [4.78, 5) is 12.9. The summed E-state index contributed by atoms with van der Waals surface area (Å²) in [6, 6.07) is 5.25. The van der Waals surface area contributed by atoms with Crippen LogP contribution in [0, 0.1) is 0 Å². The van der Waals surface area contributed by atoms with Crippen molar-refractivity contribution < 1.29 is 19.4 Å². The molecule has 1 N–H and O–H groups in total. The molecule has 1 aliphatic heterocycles. The molecule has 0 aromatic heterocycles. The van der Waals surface area contributed by atoms with Crippen molar-refractivity contribution in [1.29, 1.82) is 0 Å². The minimum Gasteiger partial charge on any atom is -0.482 e. The first-order chi connectivity index (χ1) is 10.0. The van der Waals surface area contributed by atoms with E-state index in [9.17, 15) is 4.79 Å². The van der Waals surface area contributed by atoms with Gasteiger partial charge in [0.2, 0.25) is 0 Å². The zero-order valence-electron chi connectivity index (χ0n) is 12.0. The van der Waals surface area contributed by atoms with Crippen LogP contribution < -0.4 is 4.74 Å². The Morgan fingerprint density at radius 1 is 1.57 bits per heavy atom. The van der Waals surface area contributed by atoms with Gasteiger partial charge in [-0.2, -0.15) is 0 Å². The van der Waals surface area contributed by atoms with Crippen molar-refractivity contribution in [2.45, 2.75) is 26.0 Å². The number of nitrogens with zero attached hydrogens (tertiary/aromatic N) is 1. The predicted molar refractivity (Wildman–Crippen MR) is 79.9 cm³/mol. The Labute approximate surface area is 129 Å². The van der Waals surface area contributed by atoms with Crippen LogP contribution >= 0.6 is 11.6 Å². The monoisotopic (exact) mass is 313 g/mol. The smallest absolute Gasteiger partial charge is 0.341 e. The molecule has 1 atom stereocenters. The van der Waals surface area contributed by atoms with Gasteiger partial charge in [-0.05, 0) is 31.5 Å². The Kier molecular flexibility index (Phi) is 5.85. The molecule has 0 radical (unpaired) electrons. The molecule has 0 saturated carbocycles. The first-order valence-electron chi connectivity index (χ1n) is 7.01. The molecule has 2 rings (SSSR count). The number of carboxylic acid groups (broad SMARTS) is 1. The normalized spacial score (nSPS) is 20.0. The SMILES string of the molecule is C[C@@H]1CN(Cc2cc(Cl)ccc2OCC(=O)O)CCCO1. The second-order valence-electron chi connectivity index (χ2n) is 5.20. The topological polar surface area (TPSA) is 59.0 Å². The van der Waals surface area contributed by atoms with E-state index in [1.165, 1.54) is 0 Å². The zero-order chi connectivity index (χ0) is 15.2. The van der Waals surface area contributed by atoms with E-state index in [0.717, 1.165) is 31.7 Å². The third kappa shape index (κ3) is 5.19. The van der Waals surface area contributed by atoms with E-state index < -0.39 is 5.97 Å². The Hall–Kier alpha value is -1.30. The van der Waals surface area contributed by atoms with E-state index in [0.29, 0.717) is 17.3 Å². The molecule has 1 saturated heterocycles. The Morgan fingerprint density at radius 3 is 3.14 bits per heavy atom. The van der Waals surface area contributed by atoms with Crippen molar-refractivity contribution in [3.8, 4) is 5.75 Å². The van der Waals surface area contributed by atoms with Crippen LogP contribution in [-0.4, -0.2) is 48.4 Å². The number of carbonyl (C=O) groups is 1. The fraction of sp³-hybridized carbons (Fsp3) is 0.533. The van der Waals surface area contributed by atoms with Crippen molar-refractivity contribution >= 4 is 17.6 Å². The van der Waals surface area contributed by atoms with Gasteiger partial charge in [0.15, 0.2) is 6.61 Å². The summed E-state index contributed by atoms with van der Waals surface area (Å²) >= 11 is 6.04. The highest BCUT2D eigenvalue weighted by Gasteiger charge is 2.17. The average Bonchev–Trinajstić information content (AvgIpc) is 2.62. The number of ether oxygens (including phenoxy) is 2. The maximum Gasteiger partial charge on any atom is 0.341 e. The van der Waals surface area contributed by atoms with Gasteiger partial charge in [0.1, 0.15) is 5.75 Å². The average molecular weight is 314 g/mol. The van der Waals surface area contributed by atoms with E-state index in [1.54, 1.807) is 12.1 Å². The van der Waals surface area contributed by atoms with Crippen molar-refractivity contribution in [3.63, 3.8) is 0 Å². The standard InChI is InChI=1S/C15H20ClNO4/c1-11-8-17(5-2-6-20-11)9-12-7-13(16)3-4-14(12)21-10-15(18)19/h3-4,7,11H,2,5-6,8-10H2,1H3,(H,18,19)/t11-/m1/s1. The summed E-state index contributed by atoms with van der Waals surface area (Å²) < 4.78 is 11.0. The summed E-state index contributed by atoms with van der Waals surface area (Å²) in [5.74, 6) is -0.424. The molecule has 0 aliphatic carbocycles. The van der Waals surface area contributed by atoms with Gasteiger partial charge in [-0.1, -0.05) is 11.6 Å². The lowest BCUT2D eigenvalue weighted by molar-refractivity contribution is -0.139. The number of hydrogen-bond acceptors (Lipinski definition) is 4. The first-order valence-corrected chi connectivity index (χ1v) is 7.39. The van der Waals surface area contributed by atoms with Crippen LogP contribution in [0.1, 0.15) is 18.9 Å². The molecule has 0 amide bonds. The fourth-order valence-corrected chi connectivity index (χ4v) is 2.61. The quantitative estimate of drug-likeness (QED) is 0.904. The van der Waals surface area contributed by atoms with Gasteiger partial charge in [-0.3, -0.25) is 4.90 Å². The third-order valence-electron chi connectivity index (χ3n) is 3.30. The molecule has 1 fully saturated rings. The highest BCUT2D eigenvalue weighted by Crippen LogP contribution is 2.25. The molecule has 1 aromatic rings. The molecule has 6 heteroatoms. The van der Waals surface area contributed by atoms with Gasteiger partial charge in [0.05, 0.1) is 6.10 Å². The van der Waals surface area contributed by atoms with Crippen LogP contribution in [-0.2, 0) is 16.1 Å². The summed E-state index contributed by atoms with van der Waals surface area (Å²) in [5, 5.41) is 9.35. The van der Waals surface area contributed by atoms with Crippen molar-refractivity contribution in [2.24, 2.45) is 0 Å². The van der Waals surface area contributed by atoms with E-state index in [4.69, 9.17) is 26.2 Å². The van der Waals surface area contributed by atoms with Crippen molar-refractivity contribution in [1.82, 2.24) is 4.90 Å². The number of hydrogen-bond donors (Lipinski definition) is 1. The largest absolute Gasteiger partial charge is 0.482 e. The Balaban J connectivity index is 2.09. The molecule has 1 heterocycles. The Bertz CT molecular complexity index is 495. The van der Waals surface area contributed by atoms with Crippen LogP contribution in [0.15, 0.2) is 18.2 Å². The highest BCUT2D eigenvalue weighted by molar-refractivity contribution is 6.30. The van der Waals surface area contributed by atoms with Crippen LogP contribution in [0.2, 0.25) is 5.02 Å². The first kappa shape index (κ1) is 16.1. The summed E-state index contributed by atoms with van der Waals surface area (Å²) in [7, 11) is 0. The van der Waals surface area contributed by atoms with Gasteiger partial charge in [-0.25, -0.2) is 4.79 Å². The third-order valence-corrected chi connectivity index (χ3v) is 3.54. The van der Waals surface area contributed by atoms with E-state index in [2.05, 4.69) is 11.8 Å². The number of rotatable bonds is 5. The molecule has 0 unspecified atom stereocenters. The summed E-state index contributed by atoms with van der Waals surface area (Å²) in [6.45, 7) is 4.92. The minimum absolute atomic E-state index is 0.190. The van der Waals surface area contributed by atoms with Crippen LogP contribution in [0.25, 0.3) is 0 Å². The van der Waals surface area contributed by atoms with Gasteiger partial charge >= 0.3 is 5.97 Å². The van der Waals surface area contributed by atoms with Crippen molar-refractivity contribution in [3.05, 3.63) is 28.8 Å². The second kappa shape index (κ2) is 7.64. The van der Waals surface area contributed by atoms with E-state index in [1.807, 2.05) is 6.07 Å². The van der Waals surface area contributed by atoms with Gasteiger partial charge < -0.3 is 14.6 Å². The molecule has 0 spiro atoms. The molecule has 0 bridgehead atoms. The molecule has 5 nitrogen and oxygen atoms in total. The minimum atomic E-state index is -0.993. The van der Waals surface area contributed by atoms with Gasteiger partial charge in [0, 0.05) is 36.8 Å². The fourth-order valence-electron chi connectivity index (χ4n) is 2.42. The van der Waals surface area contributed by atoms with E-state index >= 15 is 0 Å². The van der Waals surface area contributed by atoms with Gasteiger partial charge in [0.25, 0.3) is 0 Å². The van der Waals surface area contributed by atoms with Crippen molar-refractivity contribution in [2.75, 3.05) is 26.3 Å². The molecule has 1 aliphatic rings. The lowest BCUT2D eigenvalue weighted by atomic mass is 10.1. The molecular formula is C15H20ClNO4. The molecule has 21 heavy (non-hydrogen) atoms. The zero-order valence-corrected chi connectivity index (χ0v) is 12.8. The van der Waals surface area contributed by atoms with Crippen LogP contribution in [0.4, 0.5) is 0 Å². The summed E-state index contributed by atoms with van der Waals surface area (Å²) in [5.41, 5.74) is 0.901. The lowest BCUT2D eigenvalue weighted by Gasteiger charge is -2.23. The van der Waals surface area contributed by atoms with Crippen LogP contribution in [0.5, 0.6) is 5.75 Å². The molecular weight excluding hydrogens is 294 g/mol. The van der Waals surface area contributed by atoms with E-state index in [-0.39, 0.29) is 12.7 Å². The maximum absolute atomic E-state index is 10.7. The lowest BCUT2D eigenvalue weighted by Crippen LogP contribution is -2.30. The molecule has 1 aromatic carbocycles. The van der Waals surface area contributed by atoms with Gasteiger partial charge in [-0.15, -0.1) is 0 Å². The predicted octanol–water partition coefficient (Wildman–Crippen LogP) is 2.41. The number of halogens is 1. The Morgan fingerprint density at radius 2 is 2.38 bits per heavy atom. The second-order valence-corrected chi connectivity index (χ2v) is 5.64.